The Balaban J connectivity index is 2.24. The molecule has 0 atom stereocenters. The highest BCUT2D eigenvalue weighted by molar-refractivity contribution is 5.97. The molecule has 1 aromatic heterocycles. The van der Waals surface area contributed by atoms with Gasteiger partial charge in [-0.05, 0) is 30.7 Å². The van der Waals surface area contributed by atoms with E-state index in [0.29, 0.717) is 11.3 Å². The van der Waals surface area contributed by atoms with E-state index in [0.717, 1.165) is 0 Å². The summed E-state index contributed by atoms with van der Waals surface area (Å²) in [5.74, 6) is -0.166. The lowest BCUT2D eigenvalue weighted by molar-refractivity contribution is 0.0983. The number of ketones is 1. The summed E-state index contributed by atoms with van der Waals surface area (Å²) in [6.07, 6.45) is 1.59. The molecule has 0 N–H and O–H groups in total. The van der Waals surface area contributed by atoms with Crippen LogP contribution < -0.4 is 0 Å². The quantitative estimate of drug-likeness (QED) is 0.741. The number of hydrogen-bond acceptors (Lipinski definition) is 2. The number of hydrogen-bond donors (Lipinski definition) is 0. The van der Waals surface area contributed by atoms with E-state index in [-0.39, 0.29) is 17.8 Å². The van der Waals surface area contributed by atoms with Gasteiger partial charge in [-0.25, -0.2) is 4.39 Å². The maximum atomic E-state index is 13.6. The maximum absolute atomic E-state index is 13.6. The van der Waals surface area contributed by atoms with Gasteiger partial charge in [-0.15, -0.1) is 0 Å². The second-order valence-electron chi connectivity index (χ2n) is 3.62. The molecule has 1 aromatic carbocycles. The Kier molecular flexibility index (Phi) is 2.86. The minimum Gasteiger partial charge on any atom is -0.469 e. The highest BCUT2D eigenvalue weighted by Gasteiger charge is 2.14. The van der Waals surface area contributed by atoms with Crippen LogP contribution in [-0.4, -0.2) is 5.78 Å². The molecule has 0 aliphatic carbocycles. The number of rotatable bonds is 3. The van der Waals surface area contributed by atoms with Crippen LogP contribution in [0.4, 0.5) is 4.39 Å². The molecule has 82 valence electrons. The van der Waals surface area contributed by atoms with Gasteiger partial charge in [0.1, 0.15) is 11.6 Å². The fourth-order valence-electron chi connectivity index (χ4n) is 1.53. The van der Waals surface area contributed by atoms with Crippen molar-refractivity contribution in [1.82, 2.24) is 0 Å². The molecule has 0 spiro atoms. The van der Waals surface area contributed by atoms with Crippen molar-refractivity contribution in [2.75, 3.05) is 0 Å². The van der Waals surface area contributed by atoms with Gasteiger partial charge in [0.25, 0.3) is 0 Å². The van der Waals surface area contributed by atoms with Crippen molar-refractivity contribution in [1.29, 1.82) is 0 Å². The number of carbonyl (C=O) groups excluding carboxylic acids is 1. The van der Waals surface area contributed by atoms with Crippen LogP contribution in [-0.2, 0) is 6.42 Å². The zero-order valence-corrected chi connectivity index (χ0v) is 8.87. The predicted molar refractivity (Wildman–Crippen MR) is 57.9 cm³/mol. The Labute approximate surface area is 92.7 Å². The first kappa shape index (κ1) is 10.6. The summed E-state index contributed by atoms with van der Waals surface area (Å²) in [5, 5.41) is 0. The summed E-state index contributed by atoms with van der Waals surface area (Å²) in [6, 6.07) is 8.21. The van der Waals surface area contributed by atoms with Gasteiger partial charge in [-0.2, -0.15) is 0 Å². The first-order chi connectivity index (χ1) is 7.68. The van der Waals surface area contributed by atoms with E-state index in [4.69, 9.17) is 4.42 Å². The summed E-state index contributed by atoms with van der Waals surface area (Å²) < 4.78 is 18.7. The van der Waals surface area contributed by atoms with E-state index >= 15 is 0 Å². The molecule has 2 rings (SSSR count). The number of benzene rings is 1. The molecule has 0 aliphatic heterocycles. The molecule has 2 aromatic rings. The van der Waals surface area contributed by atoms with Crippen LogP contribution in [0.5, 0.6) is 0 Å². The Morgan fingerprint density at radius 1 is 1.31 bits per heavy atom. The lowest BCUT2D eigenvalue weighted by Gasteiger charge is -2.03. The molecule has 0 saturated carbocycles. The van der Waals surface area contributed by atoms with E-state index in [1.165, 1.54) is 12.3 Å². The average Bonchev–Trinajstić information content (AvgIpc) is 2.74. The second-order valence-corrected chi connectivity index (χ2v) is 3.62. The van der Waals surface area contributed by atoms with Gasteiger partial charge >= 0.3 is 0 Å². The van der Waals surface area contributed by atoms with Gasteiger partial charge in [-0.3, -0.25) is 4.79 Å². The number of aryl methyl sites for hydroxylation is 1. The van der Waals surface area contributed by atoms with Gasteiger partial charge in [0.05, 0.1) is 18.2 Å². The van der Waals surface area contributed by atoms with E-state index in [9.17, 15) is 9.18 Å². The van der Waals surface area contributed by atoms with Crippen LogP contribution in [0.2, 0.25) is 0 Å². The number of furan rings is 1. The second kappa shape index (κ2) is 4.31. The minimum atomic E-state index is -0.445. The van der Waals surface area contributed by atoms with Crippen LogP contribution in [0.25, 0.3) is 0 Å². The fourth-order valence-corrected chi connectivity index (χ4v) is 1.53. The Bertz CT molecular complexity index is 501. The lowest BCUT2D eigenvalue weighted by atomic mass is 10.0. The van der Waals surface area contributed by atoms with Crippen LogP contribution in [0.1, 0.15) is 21.7 Å². The van der Waals surface area contributed by atoms with E-state index in [2.05, 4.69) is 0 Å². The molecule has 1 heterocycles. The third-order valence-electron chi connectivity index (χ3n) is 2.41. The largest absolute Gasteiger partial charge is 0.469 e. The maximum Gasteiger partial charge on any atom is 0.173 e. The number of Topliss-reactive ketones (excluding diaryl/α,β-unsaturated/α-hetero) is 1. The molecule has 0 aliphatic rings. The van der Waals surface area contributed by atoms with Crippen molar-refractivity contribution in [3.63, 3.8) is 0 Å². The predicted octanol–water partition coefficient (Wildman–Crippen LogP) is 3.15. The molecular formula is C13H11FO2. The first-order valence-electron chi connectivity index (χ1n) is 4.99. The van der Waals surface area contributed by atoms with Gasteiger partial charge in [0.15, 0.2) is 5.78 Å². The van der Waals surface area contributed by atoms with Crippen molar-refractivity contribution in [3.05, 3.63) is 59.3 Å². The molecule has 2 nitrogen and oxygen atoms in total. The number of halogens is 1. The van der Waals surface area contributed by atoms with E-state index in [1.54, 1.807) is 31.2 Å². The summed E-state index contributed by atoms with van der Waals surface area (Å²) in [6.45, 7) is 1.64. The van der Waals surface area contributed by atoms with E-state index < -0.39 is 5.82 Å². The molecule has 0 saturated heterocycles. The van der Waals surface area contributed by atoms with Gasteiger partial charge in [0, 0.05) is 0 Å². The van der Waals surface area contributed by atoms with Crippen LogP contribution in [0, 0.1) is 12.7 Å². The first-order valence-corrected chi connectivity index (χ1v) is 4.99. The molecule has 0 bridgehead atoms. The van der Waals surface area contributed by atoms with Crippen molar-refractivity contribution in [2.45, 2.75) is 13.3 Å². The fraction of sp³-hybridized carbons (Fsp3) is 0.154. The Morgan fingerprint density at radius 3 is 2.81 bits per heavy atom. The molecule has 0 amide bonds. The van der Waals surface area contributed by atoms with Crippen LogP contribution >= 0.6 is 0 Å². The smallest absolute Gasteiger partial charge is 0.173 e. The minimum absolute atomic E-state index is 0.0906. The van der Waals surface area contributed by atoms with Crippen molar-refractivity contribution in [3.8, 4) is 0 Å². The summed E-state index contributed by atoms with van der Waals surface area (Å²) in [4.78, 5) is 11.8. The molecule has 0 fully saturated rings. The van der Waals surface area contributed by atoms with E-state index in [1.807, 2.05) is 0 Å². The molecular weight excluding hydrogens is 207 g/mol. The lowest BCUT2D eigenvalue weighted by Crippen LogP contribution is -2.06. The summed E-state index contributed by atoms with van der Waals surface area (Å²) in [7, 11) is 0. The average molecular weight is 218 g/mol. The van der Waals surface area contributed by atoms with Crippen molar-refractivity contribution < 1.29 is 13.6 Å². The topological polar surface area (TPSA) is 30.2 Å². The summed E-state index contributed by atoms with van der Waals surface area (Å²) in [5.41, 5.74) is 0.599. The molecule has 3 heteroatoms. The third kappa shape index (κ3) is 2.03. The Morgan fingerprint density at radius 2 is 2.12 bits per heavy atom. The molecule has 0 unspecified atom stereocenters. The monoisotopic (exact) mass is 218 g/mol. The third-order valence-corrected chi connectivity index (χ3v) is 2.41. The normalized spacial score (nSPS) is 10.4. The van der Waals surface area contributed by atoms with Crippen molar-refractivity contribution in [2.24, 2.45) is 0 Å². The van der Waals surface area contributed by atoms with Gasteiger partial charge in [-0.1, -0.05) is 12.1 Å². The van der Waals surface area contributed by atoms with Crippen LogP contribution in [0.3, 0.4) is 0 Å². The van der Waals surface area contributed by atoms with Crippen LogP contribution in [0.15, 0.2) is 41.0 Å². The zero-order chi connectivity index (χ0) is 11.5. The summed E-state index contributed by atoms with van der Waals surface area (Å²) >= 11 is 0. The van der Waals surface area contributed by atoms with Gasteiger partial charge < -0.3 is 4.42 Å². The highest BCUT2D eigenvalue weighted by atomic mass is 19.1. The SMILES string of the molecule is Cc1cccc(C(=O)Cc2ccco2)c1F. The number of carbonyl (C=O) groups is 1. The molecule has 0 radical (unpaired) electrons. The van der Waals surface area contributed by atoms with Gasteiger partial charge in [0.2, 0.25) is 0 Å². The zero-order valence-electron chi connectivity index (χ0n) is 8.87. The molecule has 16 heavy (non-hydrogen) atoms. The van der Waals surface area contributed by atoms with Crippen molar-refractivity contribution >= 4 is 5.78 Å². The Hall–Kier alpha value is -1.90. The highest BCUT2D eigenvalue weighted by Crippen LogP contribution is 2.15. The standard InChI is InChI=1S/C13H11FO2/c1-9-4-2-6-11(13(9)14)12(15)8-10-5-3-7-16-10/h2-7H,8H2,1H3.